The van der Waals surface area contributed by atoms with Crippen LogP contribution in [0.3, 0.4) is 0 Å². The minimum Gasteiger partial charge on any atom is -0.328 e. The highest BCUT2D eigenvalue weighted by atomic mass is 15.1. The lowest BCUT2D eigenvalue weighted by Crippen LogP contribution is -2.32. The van der Waals surface area contributed by atoms with Gasteiger partial charge in [-0.3, -0.25) is 0 Å². The van der Waals surface area contributed by atoms with E-state index in [9.17, 15) is 0 Å². The predicted octanol–water partition coefficient (Wildman–Crippen LogP) is 0.675. The Morgan fingerprint density at radius 2 is 1.91 bits per heavy atom. The molecule has 2 N–H and O–H groups in total. The molecule has 11 heavy (non-hydrogen) atoms. The van der Waals surface area contributed by atoms with Gasteiger partial charge < -0.3 is 10.6 Å². The van der Waals surface area contributed by atoms with Crippen molar-refractivity contribution in [1.82, 2.24) is 4.90 Å². The van der Waals surface area contributed by atoms with E-state index in [0.717, 1.165) is 11.8 Å². The normalized spacial score (nSPS) is 45.8. The molecule has 0 unspecified atom stereocenters. The Kier molecular flexibility index (Phi) is 1.90. The number of likely N-dealkylation sites (tertiary alicyclic amines) is 1. The van der Waals surface area contributed by atoms with Crippen LogP contribution in [0.1, 0.15) is 19.3 Å². The summed E-state index contributed by atoms with van der Waals surface area (Å²) in [6, 6.07) is 0.503. The van der Waals surface area contributed by atoms with Crippen molar-refractivity contribution in [2.75, 3.05) is 20.1 Å². The third kappa shape index (κ3) is 1.42. The third-order valence-electron chi connectivity index (χ3n) is 3.27. The van der Waals surface area contributed by atoms with E-state index in [1.807, 2.05) is 0 Å². The number of nitrogens with two attached hydrogens (primary N) is 1. The summed E-state index contributed by atoms with van der Waals surface area (Å²) in [7, 11) is 2.23. The Morgan fingerprint density at radius 1 is 1.18 bits per heavy atom. The van der Waals surface area contributed by atoms with Gasteiger partial charge >= 0.3 is 0 Å². The topological polar surface area (TPSA) is 29.3 Å². The van der Waals surface area contributed by atoms with E-state index in [2.05, 4.69) is 11.9 Å². The lowest BCUT2D eigenvalue weighted by molar-refractivity contribution is 0.271. The summed E-state index contributed by atoms with van der Waals surface area (Å²) in [5, 5.41) is 0. The molecule has 0 spiro atoms. The minimum atomic E-state index is 0.503. The van der Waals surface area contributed by atoms with Crippen LogP contribution < -0.4 is 5.73 Å². The van der Waals surface area contributed by atoms with Gasteiger partial charge in [0.1, 0.15) is 0 Å². The maximum atomic E-state index is 5.92. The first-order valence-corrected chi connectivity index (χ1v) is 4.70. The zero-order chi connectivity index (χ0) is 7.84. The van der Waals surface area contributed by atoms with Gasteiger partial charge in [-0.25, -0.2) is 0 Å². The highest BCUT2D eigenvalue weighted by Gasteiger charge is 2.34. The van der Waals surface area contributed by atoms with Crippen LogP contribution in [0.5, 0.6) is 0 Å². The Labute approximate surface area is 68.7 Å². The van der Waals surface area contributed by atoms with Gasteiger partial charge in [0, 0.05) is 19.1 Å². The highest BCUT2D eigenvalue weighted by molar-refractivity contribution is 4.89. The van der Waals surface area contributed by atoms with Gasteiger partial charge in [0.05, 0.1) is 0 Å². The summed E-state index contributed by atoms with van der Waals surface area (Å²) in [4.78, 5) is 2.45. The fourth-order valence-electron chi connectivity index (χ4n) is 2.70. The van der Waals surface area contributed by atoms with Crippen molar-refractivity contribution in [3.05, 3.63) is 0 Å². The summed E-state index contributed by atoms with van der Waals surface area (Å²) >= 11 is 0. The fourth-order valence-corrected chi connectivity index (χ4v) is 2.70. The van der Waals surface area contributed by atoms with E-state index < -0.39 is 0 Å². The maximum Gasteiger partial charge on any atom is 0.00421 e. The average molecular weight is 154 g/mol. The van der Waals surface area contributed by atoms with Gasteiger partial charge in [-0.2, -0.15) is 0 Å². The zero-order valence-electron chi connectivity index (χ0n) is 7.29. The summed E-state index contributed by atoms with van der Waals surface area (Å²) in [6.45, 7) is 2.61. The van der Waals surface area contributed by atoms with E-state index in [4.69, 9.17) is 5.73 Å². The van der Waals surface area contributed by atoms with Crippen LogP contribution in [0.4, 0.5) is 0 Å². The molecule has 0 bridgehead atoms. The van der Waals surface area contributed by atoms with Crippen molar-refractivity contribution in [1.29, 1.82) is 0 Å². The minimum absolute atomic E-state index is 0.503. The van der Waals surface area contributed by atoms with Crippen LogP contribution >= 0.6 is 0 Å². The molecule has 1 aliphatic carbocycles. The van der Waals surface area contributed by atoms with Crippen molar-refractivity contribution >= 4 is 0 Å². The van der Waals surface area contributed by atoms with E-state index in [1.165, 1.54) is 32.4 Å². The van der Waals surface area contributed by atoms with Crippen LogP contribution in [0.25, 0.3) is 0 Å². The van der Waals surface area contributed by atoms with E-state index in [0.29, 0.717) is 6.04 Å². The molecular weight excluding hydrogens is 136 g/mol. The van der Waals surface area contributed by atoms with Crippen molar-refractivity contribution in [2.45, 2.75) is 25.3 Å². The summed E-state index contributed by atoms with van der Waals surface area (Å²) in [6.07, 6.45) is 3.90. The second-order valence-corrected chi connectivity index (χ2v) is 4.31. The largest absolute Gasteiger partial charge is 0.328 e. The first-order valence-electron chi connectivity index (χ1n) is 4.70. The molecule has 2 rings (SSSR count). The number of rotatable bonds is 0. The number of hydrogen-bond acceptors (Lipinski definition) is 2. The van der Waals surface area contributed by atoms with Gasteiger partial charge in [0.15, 0.2) is 0 Å². The molecule has 1 saturated carbocycles. The van der Waals surface area contributed by atoms with E-state index in [-0.39, 0.29) is 0 Å². The molecule has 0 aromatic carbocycles. The third-order valence-corrected chi connectivity index (χ3v) is 3.27. The van der Waals surface area contributed by atoms with Crippen LogP contribution in [-0.2, 0) is 0 Å². The van der Waals surface area contributed by atoms with Gasteiger partial charge in [-0.05, 0) is 38.1 Å². The number of nitrogens with zero attached hydrogens (tertiary/aromatic N) is 1. The molecule has 2 nitrogen and oxygen atoms in total. The van der Waals surface area contributed by atoms with Crippen molar-refractivity contribution in [3.8, 4) is 0 Å². The molecule has 1 saturated heterocycles. The van der Waals surface area contributed by atoms with Crippen molar-refractivity contribution < 1.29 is 0 Å². The Balaban J connectivity index is 1.97. The molecule has 2 aliphatic rings. The number of fused-ring (bicyclic) bond motifs is 1. The molecule has 0 aromatic heterocycles. The monoisotopic (exact) mass is 154 g/mol. The SMILES string of the molecule is CN1C[C@H]2CC[C@@H](N)C[C@H]2C1. The summed E-state index contributed by atoms with van der Waals surface area (Å²) < 4.78 is 0. The second-order valence-electron chi connectivity index (χ2n) is 4.31. The van der Waals surface area contributed by atoms with Gasteiger partial charge in [0.2, 0.25) is 0 Å². The molecule has 0 aromatic rings. The second kappa shape index (κ2) is 2.76. The lowest BCUT2D eigenvalue weighted by Gasteiger charge is -2.28. The van der Waals surface area contributed by atoms with Crippen molar-refractivity contribution in [2.24, 2.45) is 17.6 Å². The molecule has 0 radical (unpaired) electrons. The maximum absolute atomic E-state index is 5.92. The molecule has 0 amide bonds. The van der Waals surface area contributed by atoms with Gasteiger partial charge in [-0.15, -0.1) is 0 Å². The van der Waals surface area contributed by atoms with E-state index >= 15 is 0 Å². The van der Waals surface area contributed by atoms with Crippen LogP contribution in [0, 0.1) is 11.8 Å². The first kappa shape index (κ1) is 7.56. The molecule has 64 valence electrons. The summed E-state index contributed by atoms with van der Waals surface area (Å²) in [5.41, 5.74) is 5.92. The molecular formula is C9H18N2. The quantitative estimate of drug-likeness (QED) is 0.556. The molecule has 1 aliphatic heterocycles. The average Bonchev–Trinajstić information content (AvgIpc) is 2.27. The first-order chi connectivity index (χ1) is 5.25. The van der Waals surface area contributed by atoms with Gasteiger partial charge in [-0.1, -0.05) is 0 Å². The molecule has 2 heteroatoms. The number of hydrogen-bond donors (Lipinski definition) is 1. The molecule has 3 atom stereocenters. The standard InChI is InChI=1S/C9H18N2/c1-11-5-7-2-3-9(10)4-8(7)6-11/h7-9H,2-6,10H2,1H3/t7-,8+,9-/m1/s1. The zero-order valence-corrected chi connectivity index (χ0v) is 7.29. The predicted molar refractivity (Wildman–Crippen MR) is 46.3 cm³/mol. The van der Waals surface area contributed by atoms with Gasteiger partial charge in [0.25, 0.3) is 0 Å². The Bertz CT molecular complexity index is 146. The van der Waals surface area contributed by atoms with Crippen molar-refractivity contribution in [3.63, 3.8) is 0 Å². The smallest absolute Gasteiger partial charge is 0.00421 e. The molecule has 1 heterocycles. The van der Waals surface area contributed by atoms with Crippen LogP contribution in [0.15, 0.2) is 0 Å². The Hall–Kier alpha value is -0.0800. The Morgan fingerprint density at radius 3 is 2.73 bits per heavy atom. The highest BCUT2D eigenvalue weighted by Crippen LogP contribution is 2.34. The fraction of sp³-hybridized carbons (Fsp3) is 1.00. The lowest BCUT2D eigenvalue weighted by atomic mass is 9.79. The molecule has 2 fully saturated rings. The van der Waals surface area contributed by atoms with E-state index in [1.54, 1.807) is 0 Å². The summed E-state index contributed by atoms with van der Waals surface area (Å²) in [5.74, 6) is 1.89. The van der Waals surface area contributed by atoms with Crippen LogP contribution in [-0.4, -0.2) is 31.1 Å². The van der Waals surface area contributed by atoms with Crippen LogP contribution in [0.2, 0.25) is 0 Å².